The molecule has 0 radical (unpaired) electrons. The first kappa shape index (κ1) is 20.1. The van der Waals surface area contributed by atoms with Gasteiger partial charge in [-0.2, -0.15) is 18.3 Å². The van der Waals surface area contributed by atoms with E-state index in [0.717, 1.165) is 5.56 Å². The van der Waals surface area contributed by atoms with Gasteiger partial charge in [0.25, 0.3) is 0 Å². The van der Waals surface area contributed by atoms with E-state index in [1.807, 2.05) is 18.2 Å². The molecule has 3 N–H and O–H groups in total. The Morgan fingerprint density at radius 2 is 1.57 bits per heavy atom. The number of hydrogen-bond acceptors (Lipinski definition) is 4. The summed E-state index contributed by atoms with van der Waals surface area (Å²) in [6.45, 7) is 0.380. The Balaban J connectivity index is 1.83. The molecule has 0 amide bonds. The molecule has 3 rings (SSSR count). The highest BCUT2D eigenvalue weighted by Crippen LogP contribution is 2.38. The Labute approximate surface area is 154 Å². The number of halogens is 7. The number of anilines is 1. The smallest absolute Gasteiger partial charge is 0.273 e. The van der Waals surface area contributed by atoms with Crippen LogP contribution < -0.4 is 16.3 Å². The lowest BCUT2D eigenvalue weighted by atomic mass is 9.96. The molecule has 0 bridgehead atoms. The van der Waals surface area contributed by atoms with Crippen LogP contribution in [0, 0.1) is 29.2 Å². The number of alkyl halides is 3. The van der Waals surface area contributed by atoms with Crippen molar-refractivity contribution < 1.29 is 30.7 Å². The molecule has 1 heterocycles. The molecular weight excluding hydrogens is 393 g/mol. The van der Waals surface area contributed by atoms with Gasteiger partial charge in [-0.05, 0) is 5.56 Å². The number of hydrogen-bond donors (Lipinski definition) is 3. The average Bonchev–Trinajstić information content (AvgIpc) is 3.11. The fourth-order valence-corrected chi connectivity index (χ4v) is 2.82. The van der Waals surface area contributed by atoms with Crippen molar-refractivity contribution in [2.75, 3.05) is 12.0 Å². The SMILES string of the molecule is Fc1c(F)c(C(F)(F)F)c(F)c(F)c1N/N=C/C1CNNC1c1ccccc1. The molecule has 0 spiro atoms. The van der Waals surface area contributed by atoms with E-state index >= 15 is 0 Å². The molecule has 2 aromatic rings. The second-order valence-electron chi connectivity index (χ2n) is 5.97. The molecule has 28 heavy (non-hydrogen) atoms. The Morgan fingerprint density at radius 1 is 0.964 bits per heavy atom. The Bertz CT molecular complexity index is 854. The second kappa shape index (κ2) is 7.76. The predicted octanol–water partition coefficient (Wildman–Crippen LogP) is 4.12. The summed E-state index contributed by atoms with van der Waals surface area (Å²) in [6, 6.07) is 8.84. The van der Waals surface area contributed by atoms with Gasteiger partial charge in [0.15, 0.2) is 23.3 Å². The monoisotopic (exact) mass is 406 g/mol. The standard InChI is InChI=1S/C17H13F7N4/c18-11-10(17(22,23)24)12(19)14(21)16(13(11)20)28-26-7-9-6-25-27-15(9)8-4-2-1-3-5-8/h1-5,7,9,15,25,27-28H,6H2/b26-7+. The minimum absolute atomic E-state index is 0.248. The van der Waals surface area contributed by atoms with E-state index in [1.165, 1.54) is 6.21 Å². The van der Waals surface area contributed by atoms with Gasteiger partial charge in [0, 0.05) is 18.7 Å². The van der Waals surface area contributed by atoms with Crippen LogP contribution in [0.1, 0.15) is 17.2 Å². The fraction of sp³-hybridized carbons (Fsp3) is 0.235. The number of hydrazine groups is 1. The van der Waals surface area contributed by atoms with Gasteiger partial charge >= 0.3 is 6.18 Å². The summed E-state index contributed by atoms with van der Waals surface area (Å²) >= 11 is 0. The van der Waals surface area contributed by atoms with Crippen LogP contribution in [0.4, 0.5) is 36.4 Å². The van der Waals surface area contributed by atoms with Gasteiger partial charge in [0.2, 0.25) is 0 Å². The first-order chi connectivity index (χ1) is 13.2. The first-order valence-electron chi connectivity index (χ1n) is 7.97. The maximum Gasteiger partial charge on any atom is 0.422 e. The molecule has 2 aromatic carbocycles. The summed E-state index contributed by atoms with van der Waals surface area (Å²) in [5.41, 5.74) is 4.40. The molecule has 1 aliphatic heterocycles. The van der Waals surface area contributed by atoms with E-state index in [4.69, 9.17) is 0 Å². The second-order valence-corrected chi connectivity index (χ2v) is 5.97. The molecule has 2 atom stereocenters. The van der Waals surface area contributed by atoms with Gasteiger partial charge in [-0.1, -0.05) is 30.3 Å². The quantitative estimate of drug-likeness (QED) is 0.310. The van der Waals surface area contributed by atoms with Crippen molar-refractivity contribution in [2.24, 2.45) is 11.0 Å². The molecule has 1 aliphatic rings. The third-order valence-corrected chi connectivity index (χ3v) is 4.17. The number of benzene rings is 2. The molecule has 0 aliphatic carbocycles. The first-order valence-corrected chi connectivity index (χ1v) is 7.97. The van der Waals surface area contributed by atoms with Gasteiger partial charge in [-0.3, -0.25) is 10.9 Å². The Hall–Kier alpha value is -2.66. The van der Waals surface area contributed by atoms with Crippen LogP contribution in [0.5, 0.6) is 0 Å². The Kier molecular flexibility index (Phi) is 5.57. The minimum atomic E-state index is -5.60. The number of nitrogens with zero attached hydrogens (tertiary/aromatic N) is 1. The maximum atomic E-state index is 13.8. The van der Waals surface area contributed by atoms with E-state index in [-0.39, 0.29) is 12.0 Å². The van der Waals surface area contributed by atoms with Gasteiger partial charge in [-0.25, -0.2) is 23.0 Å². The molecule has 0 saturated carbocycles. The topological polar surface area (TPSA) is 48.5 Å². The van der Waals surface area contributed by atoms with E-state index in [1.54, 1.807) is 17.6 Å². The van der Waals surface area contributed by atoms with Gasteiger partial charge < -0.3 is 0 Å². The van der Waals surface area contributed by atoms with Crippen LogP contribution in [0.2, 0.25) is 0 Å². The molecular formula is C17H13F7N4. The summed E-state index contributed by atoms with van der Waals surface area (Å²) in [4.78, 5) is 0. The summed E-state index contributed by atoms with van der Waals surface area (Å²) in [7, 11) is 0. The number of nitrogens with one attached hydrogen (secondary N) is 3. The van der Waals surface area contributed by atoms with Crippen LogP contribution >= 0.6 is 0 Å². The highest BCUT2D eigenvalue weighted by atomic mass is 19.4. The van der Waals surface area contributed by atoms with Crippen molar-refractivity contribution in [3.63, 3.8) is 0 Å². The van der Waals surface area contributed by atoms with Crippen molar-refractivity contribution in [1.82, 2.24) is 10.9 Å². The van der Waals surface area contributed by atoms with Crippen molar-refractivity contribution in [3.05, 3.63) is 64.7 Å². The third-order valence-electron chi connectivity index (χ3n) is 4.17. The van der Waals surface area contributed by atoms with Gasteiger partial charge in [0.1, 0.15) is 11.3 Å². The van der Waals surface area contributed by atoms with E-state index in [2.05, 4.69) is 16.0 Å². The summed E-state index contributed by atoms with van der Waals surface area (Å²) < 4.78 is 92.6. The van der Waals surface area contributed by atoms with Crippen molar-refractivity contribution in [3.8, 4) is 0 Å². The molecule has 11 heteroatoms. The van der Waals surface area contributed by atoms with Crippen molar-refractivity contribution in [1.29, 1.82) is 0 Å². The normalized spacial score (nSPS) is 20.1. The zero-order valence-corrected chi connectivity index (χ0v) is 13.9. The molecule has 1 saturated heterocycles. The molecule has 150 valence electrons. The fourth-order valence-electron chi connectivity index (χ4n) is 2.82. The summed E-state index contributed by atoms with van der Waals surface area (Å²) in [5, 5.41) is 3.55. The van der Waals surface area contributed by atoms with Gasteiger partial charge in [0.05, 0.1) is 6.04 Å². The van der Waals surface area contributed by atoms with E-state index < -0.39 is 40.7 Å². The lowest BCUT2D eigenvalue weighted by Crippen LogP contribution is -2.25. The third kappa shape index (κ3) is 3.80. The zero-order valence-electron chi connectivity index (χ0n) is 13.9. The predicted molar refractivity (Wildman–Crippen MR) is 87.2 cm³/mol. The van der Waals surface area contributed by atoms with Crippen LogP contribution in [-0.2, 0) is 6.18 Å². The zero-order chi connectivity index (χ0) is 20.5. The molecule has 2 unspecified atom stereocenters. The Morgan fingerprint density at radius 3 is 2.14 bits per heavy atom. The highest BCUT2D eigenvalue weighted by Gasteiger charge is 2.42. The maximum absolute atomic E-state index is 13.8. The van der Waals surface area contributed by atoms with Gasteiger partial charge in [-0.15, -0.1) is 0 Å². The van der Waals surface area contributed by atoms with Crippen molar-refractivity contribution in [2.45, 2.75) is 12.2 Å². The minimum Gasteiger partial charge on any atom is -0.273 e. The van der Waals surface area contributed by atoms with Crippen LogP contribution in [0.3, 0.4) is 0 Å². The molecule has 0 aromatic heterocycles. The lowest BCUT2D eigenvalue weighted by molar-refractivity contribution is -0.143. The van der Waals surface area contributed by atoms with Crippen molar-refractivity contribution >= 4 is 11.9 Å². The number of rotatable bonds is 4. The summed E-state index contributed by atoms with van der Waals surface area (Å²) in [5.74, 6) is -9.84. The summed E-state index contributed by atoms with van der Waals surface area (Å²) in [6.07, 6.45) is -4.36. The van der Waals surface area contributed by atoms with Crippen LogP contribution in [0.25, 0.3) is 0 Å². The highest BCUT2D eigenvalue weighted by molar-refractivity contribution is 5.65. The van der Waals surface area contributed by atoms with E-state index in [9.17, 15) is 30.7 Å². The average molecular weight is 406 g/mol. The van der Waals surface area contributed by atoms with Crippen LogP contribution in [0.15, 0.2) is 35.4 Å². The molecule has 1 fully saturated rings. The van der Waals surface area contributed by atoms with Crippen LogP contribution in [-0.4, -0.2) is 12.8 Å². The largest absolute Gasteiger partial charge is 0.422 e. The van der Waals surface area contributed by atoms with E-state index in [0.29, 0.717) is 6.54 Å². The molecule has 4 nitrogen and oxygen atoms in total. The lowest BCUT2D eigenvalue weighted by Gasteiger charge is -2.15. The number of hydrazone groups is 1.